The first kappa shape index (κ1) is 24.5. The second-order valence-electron chi connectivity index (χ2n) is 8.44. The molecule has 1 heterocycles. The number of benzene rings is 1. The van der Waals surface area contributed by atoms with Crippen LogP contribution in [0.1, 0.15) is 45.1 Å². The summed E-state index contributed by atoms with van der Waals surface area (Å²) in [6.07, 6.45) is 5.17. The first-order valence-corrected chi connectivity index (χ1v) is 10.6. The number of carbonyl (C=O) groups excluding carboxylic acids is 1. The maximum Gasteiger partial charge on any atom is 0.223 e. The van der Waals surface area contributed by atoms with E-state index in [4.69, 9.17) is 9.47 Å². The molecule has 0 bridgehead atoms. The summed E-state index contributed by atoms with van der Waals surface area (Å²) >= 11 is 0. The predicted octanol–water partition coefficient (Wildman–Crippen LogP) is 5.37. The zero-order valence-electron chi connectivity index (χ0n) is 19.2. The van der Waals surface area contributed by atoms with Gasteiger partial charge in [-0.1, -0.05) is 32.1 Å². The van der Waals surface area contributed by atoms with E-state index in [2.05, 4.69) is 20.4 Å². The SMILES string of the molecule is C=C/C=C(F)\C=C(/C)C(CC(=O)N1CC(C)CC(C)C1)c1c(O)cc(OC)cc1OC. The van der Waals surface area contributed by atoms with Gasteiger partial charge in [0.15, 0.2) is 0 Å². The summed E-state index contributed by atoms with van der Waals surface area (Å²) in [6, 6.07) is 3.13. The lowest BCUT2D eigenvalue weighted by atomic mass is 9.85. The number of piperidine rings is 1. The van der Waals surface area contributed by atoms with E-state index in [-0.39, 0.29) is 18.1 Å². The smallest absolute Gasteiger partial charge is 0.223 e. The van der Waals surface area contributed by atoms with Crippen LogP contribution in [0.25, 0.3) is 0 Å². The number of halogens is 1. The Bertz CT molecular complexity index is 851. The van der Waals surface area contributed by atoms with Gasteiger partial charge < -0.3 is 19.5 Å². The van der Waals surface area contributed by atoms with Gasteiger partial charge in [-0.3, -0.25) is 4.79 Å². The van der Waals surface area contributed by atoms with Crippen LogP contribution in [-0.4, -0.2) is 43.2 Å². The third-order valence-corrected chi connectivity index (χ3v) is 5.69. The van der Waals surface area contributed by atoms with E-state index in [1.807, 2.05) is 4.90 Å². The molecule has 1 aliphatic rings. The van der Waals surface area contributed by atoms with E-state index in [0.29, 0.717) is 47.6 Å². The van der Waals surface area contributed by atoms with Gasteiger partial charge >= 0.3 is 0 Å². The molecular weight excluding hydrogens is 397 g/mol. The Morgan fingerprint density at radius 3 is 2.48 bits per heavy atom. The Kier molecular flexibility index (Phi) is 8.72. The number of hydrogen-bond donors (Lipinski definition) is 1. The molecule has 0 aromatic heterocycles. The number of likely N-dealkylation sites (tertiary alicyclic amines) is 1. The number of methoxy groups -OCH3 is 2. The Balaban J connectivity index is 2.48. The molecule has 170 valence electrons. The van der Waals surface area contributed by atoms with Crippen molar-refractivity contribution in [3.05, 3.63) is 53.9 Å². The van der Waals surface area contributed by atoms with Crippen LogP contribution in [0.5, 0.6) is 17.2 Å². The highest BCUT2D eigenvalue weighted by atomic mass is 19.1. The van der Waals surface area contributed by atoms with Crippen LogP contribution in [0, 0.1) is 11.8 Å². The molecule has 0 saturated carbocycles. The Hall–Kier alpha value is -2.76. The van der Waals surface area contributed by atoms with E-state index in [1.165, 1.54) is 38.5 Å². The molecule has 0 aliphatic carbocycles. The quantitative estimate of drug-likeness (QED) is 0.562. The number of hydrogen-bond acceptors (Lipinski definition) is 4. The topological polar surface area (TPSA) is 59.0 Å². The minimum absolute atomic E-state index is 0.0264. The Morgan fingerprint density at radius 2 is 1.94 bits per heavy atom. The van der Waals surface area contributed by atoms with Crippen molar-refractivity contribution in [2.75, 3.05) is 27.3 Å². The molecular formula is C25H34FNO4. The van der Waals surface area contributed by atoms with Crippen LogP contribution in [0.2, 0.25) is 0 Å². The minimum Gasteiger partial charge on any atom is -0.507 e. The summed E-state index contributed by atoms with van der Waals surface area (Å²) in [5.41, 5.74) is 1.04. The molecule has 31 heavy (non-hydrogen) atoms. The van der Waals surface area contributed by atoms with Gasteiger partial charge in [-0.25, -0.2) is 4.39 Å². The van der Waals surface area contributed by atoms with E-state index in [0.717, 1.165) is 6.42 Å². The Morgan fingerprint density at radius 1 is 1.29 bits per heavy atom. The highest BCUT2D eigenvalue weighted by Crippen LogP contribution is 2.43. The predicted molar refractivity (Wildman–Crippen MR) is 121 cm³/mol. The molecule has 1 fully saturated rings. The van der Waals surface area contributed by atoms with Gasteiger partial charge in [-0.2, -0.15) is 0 Å². The van der Waals surface area contributed by atoms with Gasteiger partial charge in [0, 0.05) is 43.1 Å². The molecule has 1 N–H and O–H groups in total. The van der Waals surface area contributed by atoms with Crippen LogP contribution < -0.4 is 9.47 Å². The number of carbonyl (C=O) groups is 1. The van der Waals surface area contributed by atoms with E-state index < -0.39 is 11.7 Å². The summed E-state index contributed by atoms with van der Waals surface area (Å²) in [6.45, 7) is 11.0. The number of phenols is 1. The third kappa shape index (κ3) is 6.36. The molecule has 3 atom stereocenters. The molecule has 3 unspecified atom stereocenters. The van der Waals surface area contributed by atoms with Crippen LogP contribution in [0.15, 0.2) is 48.3 Å². The van der Waals surface area contributed by atoms with Gasteiger partial charge in [0.2, 0.25) is 5.91 Å². The molecule has 2 rings (SSSR count). The number of amides is 1. The average molecular weight is 432 g/mol. The summed E-state index contributed by atoms with van der Waals surface area (Å²) in [5, 5.41) is 10.8. The number of aromatic hydroxyl groups is 1. The van der Waals surface area contributed by atoms with E-state index >= 15 is 0 Å². The average Bonchev–Trinajstić information content (AvgIpc) is 2.70. The van der Waals surface area contributed by atoms with Gasteiger partial charge in [0.1, 0.15) is 23.1 Å². The second kappa shape index (κ2) is 11.0. The largest absolute Gasteiger partial charge is 0.507 e. The first-order chi connectivity index (χ1) is 14.7. The van der Waals surface area contributed by atoms with E-state index in [9.17, 15) is 14.3 Å². The van der Waals surface area contributed by atoms with Gasteiger partial charge in [0.05, 0.1) is 14.2 Å². The normalized spacial score (nSPS) is 20.9. The molecule has 1 saturated heterocycles. The second-order valence-corrected chi connectivity index (χ2v) is 8.44. The van der Waals surface area contributed by atoms with Crippen LogP contribution in [0.4, 0.5) is 4.39 Å². The van der Waals surface area contributed by atoms with Gasteiger partial charge in [0.25, 0.3) is 0 Å². The summed E-state index contributed by atoms with van der Waals surface area (Å²) in [4.78, 5) is 15.1. The zero-order valence-corrected chi connectivity index (χ0v) is 19.2. The van der Waals surface area contributed by atoms with Gasteiger partial charge in [-0.05, 0) is 37.3 Å². The number of ether oxygens (including phenoxy) is 2. The van der Waals surface area contributed by atoms with Crippen molar-refractivity contribution in [3.8, 4) is 17.2 Å². The van der Waals surface area contributed by atoms with Crippen LogP contribution in [0.3, 0.4) is 0 Å². The first-order valence-electron chi connectivity index (χ1n) is 10.6. The molecule has 1 aromatic carbocycles. The maximum atomic E-state index is 14.2. The number of nitrogens with zero attached hydrogens (tertiary/aromatic N) is 1. The van der Waals surface area contributed by atoms with Crippen molar-refractivity contribution >= 4 is 5.91 Å². The van der Waals surface area contributed by atoms with Crippen molar-refractivity contribution in [2.24, 2.45) is 11.8 Å². The maximum absolute atomic E-state index is 14.2. The molecule has 5 nitrogen and oxygen atoms in total. The third-order valence-electron chi connectivity index (χ3n) is 5.69. The summed E-state index contributed by atoms with van der Waals surface area (Å²) < 4.78 is 24.9. The number of allylic oxidation sites excluding steroid dienone is 5. The molecule has 6 heteroatoms. The van der Waals surface area contributed by atoms with Crippen LogP contribution in [-0.2, 0) is 4.79 Å². The zero-order chi connectivity index (χ0) is 23.1. The molecule has 1 aliphatic heterocycles. The van der Waals surface area contributed by atoms with Crippen molar-refractivity contribution in [1.82, 2.24) is 4.90 Å². The lowest BCUT2D eigenvalue weighted by Crippen LogP contribution is -2.43. The number of rotatable bonds is 8. The minimum atomic E-state index is -0.565. The van der Waals surface area contributed by atoms with Crippen molar-refractivity contribution in [1.29, 1.82) is 0 Å². The molecule has 0 radical (unpaired) electrons. The van der Waals surface area contributed by atoms with Crippen molar-refractivity contribution in [2.45, 2.75) is 39.5 Å². The lowest BCUT2D eigenvalue weighted by Gasteiger charge is -2.36. The monoisotopic (exact) mass is 431 g/mol. The lowest BCUT2D eigenvalue weighted by molar-refractivity contribution is -0.134. The summed E-state index contributed by atoms with van der Waals surface area (Å²) in [7, 11) is 2.98. The number of phenolic OH excluding ortho intramolecular Hbond substituents is 1. The standard InChI is InChI=1S/C25H34FNO4/c1-7-8-19(26)10-18(4)21(13-24(29)27-14-16(2)9-17(3)15-27)25-22(28)11-20(30-5)12-23(25)31-6/h7-8,10-12,16-17,21,28H,1,9,13-15H2,2-6H3/b18-10+,19-8+. The summed E-state index contributed by atoms with van der Waals surface area (Å²) in [5.74, 6) is 0.551. The van der Waals surface area contributed by atoms with Crippen LogP contribution >= 0.6 is 0 Å². The van der Waals surface area contributed by atoms with Gasteiger partial charge in [-0.15, -0.1) is 0 Å². The fourth-order valence-corrected chi connectivity index (χ4v) is 4.36. The molecule has 1 aromatic rings. The molecule has 1 amide bonds. The van der Waals surface area contributed by atoms with Crippen molar-refractivity contribution < 1.29 is 23.8 Å². The molecule has 0 spiro atoms. The fourth-order valence-electron chi connectivity index (χ4n) is 4.36. The fraction of sp³-hybridized carbons (Fsp3) is 0.480. The Labute approximate surface area is 184 Å². The highest BCUT2D eigenvalue weighted by Gasteiger charge is 2.30. The highest BCUT2D eigenvalue weighted by molar-refractivity contribution is 5.78. The van der Waals surface area contributed by atoms with Crippen molar-refractivity contribution in [3.63, 3.8) is 0 Å². The van der Waals surface area contributed by atoms with E-state index in [1.54, 1.807) is 13.0 Å².